The summed E-state index contributed by atoms with van der Waals surface area (Å²) in [7, 11) is 3.93. The van der Waals surface area contributed by atoms with E-state index in [1.807, 2.05) is 6.07 Å². The molecule has 0 radical (unpaired) electrons. The first-order valence-electron chi connectivity index (χ1n) is 6.21. The number of pyridine rings is 1. The van der Waals surface area contributed by atoms with E-state index in [4.69, 9.17) is 14.2 Å². The van der Waals surface area contributed by atoms with Gasteiger partial charge in [0.2, 0.25) is 5.88 Å². The highest BCUT2D eigenvalue weighted by Gasteiger charge is 2.32. The van der Waals surface area contributed by atoms with Gasteiger partial charge in [-0.1, -0.05) is 18.2 Å². The molecule has 0 aliphatic carbocycles. The van der Waals surface area contributed by atoms with Crippen LogP contribution >= 0.6 is 0 Å². The second-order valence-corrected chi connectivity index (χ2v) is 4.25. The number of ether oxygens (including phenoxy) is 3. The molecule has 0 saturated carbocycles. The number of para-hydroxylation sites is 1. The summed E-state index contributed by atoms with van der Waals surface area (Å²) in [6, 6.07) is 8.72. The van der Waals surface area contributed by atoms with Crippen LogP contribution in [0.1, 0.15) is 11.5 Å². The van der Waals surface area contributed by atoms with Crippen LogP contribution in [0.15, 0.2) is 30.3 Å². The number of methoxy groups -OCH3 is 3. The zero-order valence-electron chi connectivity index (χ0n) is 12.0. The van der Waals surface area contributed by atoms with Crippen molar-refractivity contribution in [2.75, 3.05) is 21.3 Å². The van der Waals surface area contributed by atoms with E-state index in [1.165, 1.54) is 21.3 Å². The number of hydrogen-bond donors (Lipinski definition) is 0. The zero-order chi connectivity index (χ0) is 15.4. The molecule has 1 aromatic carbocycles. The van der Waals surface area contributed by atoms with Crippen molar-refractivity contribution in [2.24, 2.45) is 0 Å². The highest BCUT2D eigenvalue weighted by atomic mass is 16.5. The Kier molecular flexibility index (Phi) is 4.37. The lowest BCUT2D eigenvalue weighted by Gasteiger charge is -2.14. The topological polar surface area (TPSA) is 74.7 Å². The fraction of sp³-hybridized carbons (Fsp3) is 0.267. The van der Waals surface area contributed by atoms with Gasteiger partial charge in [0.05, 0.1) is 26.8 Å². The normalized spacial score (nSPS) is 10.5. The minimum absolute atomic E-state index is 0.392. The molecule has 110 valence electrons. The number of esters is 2. The number of aromatic nitrogens is 1. The summed E-state index contributed by atoms with van der Waals surface area (Å²) in [5.74, 6) is -2.18. The molecule has 2 rings (SSSR count). The van der Waals surface area contributed by atoms with Gasteiger partial charge in [-0.2, -0.15) is 0 Å². The summed E-state index contributed by atoms with van der Waals surface area (Å²) in [4.78, 5) is 28.2. The van der Waals surface area contributed by atoms with Crippen molar-refractivity contribution >= 4 is 22.8 Å². The van der Waals surface area contributed by atoms with E-state index in [-0.39, 0.29) is 0 Å². The number of benzene rings is 1. The standard InChI is InChI=1S/C15H15NO5/c1-19-11-8-7-9-5-4-6-10(13(9)16-11)12(14(17)20-2)15(18)21-3/h4-8,12H,1-3H3. The molecule has 0 atom stereocenters. The molecule has 2 aromatic rings. The molecule has 0 aliphatic heterocycles. The van der Waals surface area contributed by atoms with Crippen molar-refractivity contribution in [3.05, 3.63) is 35.9 Å². The molecule has 21 heavy (non-hydrogen) atoms. The fourth-order valence-electron chi connectivity index (χ4n) is 2.08. The monoisotopic (exact) mass is 289 g/mol. The van der Waals surface area contributed by atoms with E-state index in [9.17, 15) is 9.59 Å². The van der Waals surface area contributed by atoms with E-state index in [0.29, 0.717) is 17.0 Å². The van der Waals surface area contributed by atoms with Crippen LogP contribution in [-0.2, 0) is 19.1 Å². The first-order chi connectivity index (χ1) is 10.1. The van der Waals surface area contributed by atoms with Gasteiger partial charge >= 0.3 is 11.9 Å². The zero-order valence-corrected chi connectivity index (χ0v) is 12.0. The second-order valence-electron chi connectivity index (χ2n) is 4.25. The van der Waals surface area contributed by atoms with Gasteiger partial charge in [0.25, 0.3) is 0 Å². The quantitative estimate of drug-likeness (QED) is 0.629. The molecule has 0 amide bonds. The summed E-state index contributed by atoms with van der Waals surface area (Å²) < 4.78 is 14.5. The van der Waals surface area contributed by atoms with Crippen molar-refractivity contribution in [3.63, 3.8) is 0 Å². The highest BCUT2D eigenvalue weighted by molar-refractivity contribution is 6.04. The number of hydrogen-bond acceptors (Lipinski definition) is 6. The van der Waals surface area contributed by atoms with Crippen molar-refractivity contribution < 1.29 is 23.8 Å². The van der Waals surface area contributed by atoms with Crippen LogP contribution in [0.25, 0.3) is 10.9 Å². The highest BCUT2D eigenvalue weighted by Crippen LogP contribution is 2.28. The molecule has 0 aliphatic rings. The van der Waals surface area contributed by atoms with Gasteiger partial charge in [-0.05, 0) is 6.07 Å². The number of rotatable bonds is 4. The molecule has 0 bridgehead atoms. The van der Waals surface area contributed by atoms with Gasteiger partial charge in [0.1, 0.15) is 0 Å². The first-order valence-corrected chi connectivity index (χ1v) is 6.21. The summed E-state index contributed by atoms with van der Waals surface area (Å²) in [5.41, 5.74) is 0.919. The molecule has 1 heterocycles. The minimum atomic E-state index is -1.18. The number of fused-ring (bicyclic) bond motifs is 1. The molecule has 0 fully saturated rings. The average molecular weight is 289 g/mol. The molecule has 6 heteroatoms. The Bertz CT molecular complexity index is 667. The number of carbonyl (C=O) groups excluding carboxylic acids is 2. The van der Waals surface area contributed by atoms with Gasteiger partial charge in [0, 0.05) is 17.0 Å². The maximum Gasteiger partial charge on any atom is 0.324 e. The van der Waals surface area contributed by atoms with Gasteiger partial charge < -0.3 is 14.2 Å². The lowest BCUT2D eigenvalue weighted by atomic mass is 9.96. The van der Waals surface area contributed by atoms with Gasteiger partial charge in [-0.15, -0.1) is 0 Å². The van der Waals surface area contributed by atoms with Crippen molar-refractivity contribution in [3.8, 4) is 5.88 Å². The molecule has 0 unspecified atom stereocenters. The predicted molar refractivity (Wildman–Crippen MR) is 75.1 cm³/mol. The van der Waals surface area contributed by atoms with Crippen LogP contribution in [0.3, 0.4) is 0 Å². The van der Waals surface area contributed by atoms with Crippen LogP contribution in [-0.4, -0.2) is 38.3 Å². The van der Waals surface area contributed by atoms with Crippen LogP contribution in [0.2, 0.25) is 0 Å². The van der Waals surface area contributed by atoms with Crippen LogP contribution < -0.4 is 4.74 Å². The van der Waals surface area contributed by atoms with E-state index in [0.717, 1.165) is 5.39 Å². The summed E-state index contributed by atoms with van der Waals surface area (Å²) in [6.07, 6.45) is 0. The third-order valence-electron chi connectivity index (χ3n) is 3.12. The molecular weight excluding hydrogens is 274 g/mol. The Morgan fingerprint density at radius 2 is 1.67 bits per heavy atom. The third-order valence-corrected chi connectivity index (χ3v) is 3.12. The summed E-state index contributed by atoms with van der Waals surface area (Å²) in [5, 5.41) is 0.783. The average Bonchev–Trinajstić information content (AvgIpc) is 2.54. The Labute approximate surface area is 121 Å². The summed E-state index contributed by atoms with van der Waals surface area (Å²) in [6.45, 7) is 0. The van der Waals surface area contributed by atoms with E-state index >= 15 is 0 Å². The van der Waals surface area contributed by atoms with Crippen molar-refractivity contribution in [1.29, 1.82) is 0 Å². The summed E-state index contributed by atoms with van der Waals surface area (Å²) >= 11 is 0. The first kappa shape index (κ1) is 14.8. The molecule has 0 saturated heterocycles. The van der Waals surface area contributed by atoms with E-state index in [2.05, 4.69) is 4.98 Å². The predicted octanol–water partition coefficient (Wildman–Crippen LogP) is 1.67. The number of carbonyl (C=O) groups is 2. The van der Waals surface area contributed by atoms with Crippen LogP contribution in [0.4, 0.5) is 0 Å². The minimum Gasteiger partial charge on any atom is -0.481 e. The molecule has 6 nitrogen and oxygen atoms in total. The molecule has 1 aromatic heterocycles. The van der Waals surface area contributed by atoms with Crippen LogP contribution in [0, 0.1) is 0 Å². The second kappa shape index (κ2) is 6.21. The Hall–Kier alpha value is -2.63. The lowest BCUT2D eigenvalue weighted by Crippen LogP contribution is -2.24. The SMILES string of the molecule is COC(=O)C(C(=O)OC)c1cccc2ccc(OC)nc12. The fourth-order valence-corrected chi connectivity index (χ4v) is 2.08. The van der Waals surface area contributed by atoms with E-state index < -0.39 is 17.9 Å². The van der Waals surface area contributed by atoms with Crippen molar-refractivity contribution in [2.45, 2.75) is 5.92 Å². The Balaban J connectivity index is 2.66. The van der Waals surface area contributed by atoms with Gasteiger partial charge in [-0.25, -0.2) is 4.98 Å². The smallest absolute Gasteiger partial charge is 0.324 e. The molecule has 0 spiro atoms. The maximum atomic E-state index is 11.9. The maximum absolute atomic E-state index is 11.9. The van der Waals surface area contributed by atoms with Gasteiger partial charge in [0.15, 0.2) is 5.92 Å². The molecular formula is C15H15NO5. The number of nitrogens with zero attached hydrogens (tertiary/aromatic N) is 1. The Morgan fingerprint density at radius 3 is 2.24 bits per heavy atom. The largest absolute Gasteiger partial charge is 0.481 e. The Morgan fingerprint density at radius 1 is 1.00 bits per heavy atom. The van der Waals surface area contributed by atoms with Gasteiger partial charge in [-0.3, -0.25) is 9.59 Å². The van der Waals surface area contributed by atoms with E-state index in [1.54, 1.807) is 24.3 Å². The van der Waals surface area contributed by atoms with Crippen molar-refractivity contribution in [1.82, 2.24) is 4.98 Å². The molecule has 0 N–H and O–H groups in total. The third kappa shape index (κ3) is 2.79. The van der Waals surface area contributed by atoms with Crippen LogP contribution in [0.5, 0.6) is 5.88 Å². The lowest BCUT2D eigenvalue weighted by molar-refractivity contribution is -0.154.